The minimum atomic E-state index is -0.0536. The Balaban J connectivity index is 1.27. The lowest BCUT2D eigenvalue weighted by molar-refractivity contribution is 0.0196. The monoisotopic (exact) mass is 466 g/mol. The summed E-state index contributed by atoms with van der Waals surface area (Å²) in [5, 5.41) is 14.0. The molecule has 4 heterocycles. The summed E-state index contributed by atoms with van der Waals surface area (Å²) in [6, 6.07) is 16.9. The molecule has 0 bridgehead atoms. The number of morpholine rings is 1. The number of aryl methyl sites for hydroxylation is 1. The Bertz CT molecular complexity index is 1320. The van der Waals surface area contributed by atoms with Crippen molar-refractivity contribution < 1.29 is 4.74 Å². The molecule has 3 aromatic rings. The van der Waals surface area contributed by atoms with Crippen molar-refractivity contribution in [3.05, 3.63) is 59.8 Å². The van der Waals surface area contributed by atoms with E-state index in [9.17, 15) is 5.26 Å². The lowest BCUT2D eigenvalue weighted by atomic mass is 9.96. The molecule has 178 valence electrons. The maximum atomic E-state index is 9.52. The number of piperazine rings is 1. The van der Waals surface area contributed by atoms with Crippen LogP contribution in [0.25, 0.3) is 10.9 Å². The van der Waals surface area contributed by atoms with Gasteiger partial charge in [0.2, 0.25) is 0 Å². The topological polar surface area (TPSA) is 76.8 Å². The lowest BCUT2D eigenvalue weighted by Gasteiger charge is -2.39. The Morgan fingerprint density at radius 3 is 2.80 bits per heavy atom. The van der Waals surface area contributed by atoms with Gasteiger partial charge in [0.1, 0.15) is 12.2 Å². The van der Waals surface area contributed by atoms with Gasteiger partial charge in [-0.3, -0.25) is 9.98 Å². The molecular weight excluding hydrogens is 436 g/mol. The molecule has 2 fully saturated rings. The van der Waals surface area contributed by atoms with Crippen LogP contribution in [0.2, 0.25) is 0 Å². The fourth-order valence-electron chi connectivity index (χ4n) is 5.56. The van der Waals surface area contributed by atoms with Gasteiger partial charge in [-0.15, -0.1) is 0 Å². The maximum absolute atomic E-state index is 9.52. The summed E-state index contributed by atoms with van der Waals surface area (Å²) in [6.07, 6.45) is 3.68. The maximum Gasteiger partial charge on any atom is 0.113 e. The van der Waals surface area contributed by atoms with Crippen LogP contribution in [-0.2, 0) is 11.2 Å². The number of pyridine rings is 1. The molecule has 1 N–H and O–H groups in total. The first-order chi connectivity index (χ1) is 17.2. The van der Waals surface area contributed by atoms with E-state index in [4.69, 9.17) is 9.73 Å². The third-order valence-electron chi connectivity index (χ3n) is 7.30. The second-order valence-electron chi connectivity index (χ2n) is 9.64. The van der Waals surface area contributed by atoms with Crippen molar-refractivity contribution in [2.75, 3.05) is 49.1 Å². The van der Waals surface area contributed by atoms with Crippen LogP contribution >= 0.6 is 0 Å². The van der Waals surface area contributed by atoms with Crippen LogP contribution < -0.4 is 15.1 Å². The number of nitriles is 1. The van der Waals surface area contributed by atoms with E-state index in [1.807, 2.05) is 18.2 Å². The van der Waals surface area contributed by atoms with E-state index < -0.39 is 0 Å². The number of nitrogens with zero attached hydrogens (tertiary/aromatic N) is 5. The zero-order valence-electron chi connectivity index (χ0n) is 20.1. The number of benzene rings is 2. The van der Waals surface area contributed by atoms with Gasteiger partial charge < -0.3 is 19.9 Å². The number of rotatable bonds is 3. The number of hydrogen-bond donors (Lipinski definition) is 1. The number of hydrogen-bond acceptors (Lipinski definition) is 7. The second kappa shape index (κ2) is 9.29. The highest BCUT2D eigenvalue weighted by molar-refractivity contribution is 5.97. The summed E-state index contributed by atoms with van der Waals surface area (Å²) >= 11 is 0. The average molecular weight is 467 g/mol. The molecule has 2 atom stereocenters. The van der Waals surface area contributed by atoms with Crippen molar-refractivity contribution in [3.63, 3.8) is 0 Å². The number of ether oxygens (including phenoxy) is 1. The summed E-state index contributed by atoms with van der Waals surface area (Å²) in [7, 11) is 0. The highest BCUT2D eigenvalue weighted by atomic mass is 16.5. The molecule has 0 saturated carbocycles. The molecule has 2 aromatic carbocycles. The molecule has 7 nitrogen and oxygen atoms in total. The third-order valence-corrected chi connectivity index (χ3v) is 7.30. The van der Waals surface area contributed by atoms with Gasteiger partial charge >= 0.3 is 0 Å². The van der Waals surface area contributed by atoms with Gasteiger partial charge in [0.25, 0.3) is 0 Å². The molecule has 0 unspecified atom stereocenters. The van der Waals surface area contributed by atoms with Crippen LogP contribution in [0.4, 0.5) is 17.1 Å². The molecule has 0 spiro atoms. The quantitative estimate of drug-likeness (QED) is 0.632. The number of anilines is 2. The molecule has 0 amide bonds. The van der Waals surface area contributed by atoms with E-state index in [1.54, 1.807) is 6.20 Å². The normalized spacial score (nSPS) is 22.5. The first-order valence-corrected chi connectivity index (χ1v) is 12.5. The van der Waals surface area contributed by atoms with Gasteiger partial charge in [-0.05, 0) is 67.8 Å². The summed E-state index contributed by atoms with van der Waals surface area (Å²) < 4.78 is 6.41. The van der Waals surface area contributed by atoms with E-state index in [0.717, 1.165) is 80.1 Å². The van der Waals surface area contributed by atoms with E-state index in [1.165, 1.54) is 11.3 Å². The number of aliphatic imine (C=N–C) groups is 1. The van der Waals surface area contributed by atoms with Crippen LogP contribution in [0.5, 0.6) is 0 Å². The van der Waals surface area contributed by atoms with E-state index in [2.05, 4.69) is 57.4 Å². The summed E-state index contributed by atoms with van der Waals surface area (Å²) in [4.78, 5) is 14.4. The predicted octanol–water partition coefficient (Wildman–Crippen LogP) is 3.83. The summed E-state index contributed by atoms with van der Waals surface area (Å²) in [5.74, 6) is 0. The number of fused-ring (bicyclic) bond motifs is 2. The zero-order valence-corrected chi connectivity index (χ0v) is 20.1. The molecular formula is C28H30N6O. The first-order valence-electron chi connectivity index (χ1n) is 12.5. The third kappa shape index (κ3) is 4.24. The lowest BCUT2D eigenvalue weighted by Crippen LogP contribution is -2.50. The second-order valence-corrected chi connectivity index (χ2v) is 9.64. The Hall–Kier alpha value is -3.47. The molecule has 35 heavy (non-hydrogen) atoms. The molecule has 3 aliphatic heterocycles. The van der Waals surface area contributed by atoms with E-state index >= 15 is 0 Å². The van der Waals surface area contributed by atoms with Crippen LogP contribution in [0, 0.1) is 11.3 Å². The van der Waals surface area contributed by atoms with Gasteiger partial charge in [-0.1, -0.05) is 0 Å². The standard InChI is InChI=1S/C28H30N6O/c1-19-17-34(26-9-5-21(16-29)28-23(26)3-2-10-31-28)18-27(35-19)25-7-4-20-15-22(6-8-24(20)32-25)33-13-11-30-12-14-33/h2-3,5-6,8-10,15,19,27,30H,4,7,11-14,17-18H2,1H3/t19-,27-/m1/s1. The molecule has 1 aromatic heterocycles. The SMILES string of the molecule is C[C@@H]1CN(c2ccc(C#N)c3ncccc23)C[C@H](C2=Nc3ccc(N4CCNCC4)cc3CC2)O1. The first kappa shape index (κ1) is 22.0. The van der Waals surface area contributed by atoms with Crippen molar-refractivity contribution in [2.45, 2.75) is 32.0 Å². The smallest absolute Gasteiger partial charge is 0.113 e. The zero-order chi connectivity index (χ0) is 23.8. The molecule has 0 radical (unpaired) electrons. The molecule has 0 aliphatic carbocycles. The van der Waals surface area contributed by atoms with Crippen LogP contribution in [0.1, 0.15) is 24.5 Å². The number of aromatic nitrogens is 1. The fourth-order valence-corrected chi connectivity index (χ4v) is 5.56. The Kier molecular flexibility index (Phi) is 5.85. The molecule has 7 heteroatoms. The van der Waals surface area contributed by atoms with Crippen molar-refractivity contribution in [1.82, 2.24) is 10.3 Å². The Morgan fingerprint density at radius 1 is 1.06 bits per heavy atom. The Morgan fingerprint density at radius 2 is 1.94 bits per heavy atom. The van der Waals surface area contributed by atoms with Crippen LogP contribution in [0.3, 0.4) is 0 Å². The van der Waals surface area contributed by atoms with Gasteiger partial charge in [0, 0.05) is 67.9 Å². The van der Waals surface area contributed by atoms with Gasteiger partial charge in [0.05, 0.1) is 22.9 Å². The van der Waals surface area contributed by atoms with Gasteiger partial charge in [-0.25, -0.2) is 0 Å². The number of nitrogens with one attached hydrogen (secondary N) is 1. The Labute approximate surface area is 206 Å². The van der Waals surface area contributed by atoms with E-state index in [0.29, 0.717) is 5.56 Å². The molecule has 6 rings (SSSR count). The molecule has 2 saturated heterocycles. The van der Waals surface area contributed by atoms with Crippen molar-refractivity contribution in [3.8, 4) is 6.07 Å². The minimum absolute atomic E-state index is 0.0536. The largest absolute Gasteiger partial charge is 0.369 e. The highest BCUT2D eigenvalue weighted by Crippen LogP contribution is 2.34. The highest BCUT2D eigenvalue weighted by Gasteiger charge is 2.31. The summed E-state index contributed by atoms with van der Waals surface area (Å²) in [5.41, 5.74) is 7.30. The van der Waals surface area contributed by atoms with Crippen molar-refractivity contribution in [1.29, 1.82) is 5.26 Å². The van der Waals surface area contributed by atoms with Crippen LogP contribution in [0.15, 0.2) is 53.7 Å². The van der Waals surface area contributed by atoms with Crippen molar-refractivity contribution in [2.24, 2.45) is 4.99 Å². The average Bonchev–Trinajstić information content (AvgIpc) is 2.92. The predicted molar refractivity (Wildman–Crippen MR) is 140 cm³/mol. The van der Waals surface area contributed by atoms with E-state index in [-0.39, 0.29) is 12.2 Å². The molecule has 3 aliphatic rings. The van der Waals surface area contributed by atoms with Crippen LogP contribution in [-0.4, -0.2) is 62.2 Å². The van der Waals surface area contributed by atoms with Gasteiger partial charge in [-0.2, -0.15) is 5.26 Å². The van der Waals surface area contributed by atoms with Crippen molar-refractivity contribution >= 4 is 33.7 Å². The van der Waals surface area contributed by atoms with Gasteiger partial charge in [0.15, 0.2) is 0 Å². The summed E-state index contributed by atoms with van der Waals surface area (Å²) in [6.45, 7) is 7.85. The fraction of sp³-hybridized carbons (Fsp3) is 0.393. The minimum Gasteiger partial charge on any atom is -0.369 e.